The molecule has 3 aliphatic rings. The van der Waals surface area contributed by atoms with E-state index in [2.05, 4.69) is 0 Å². The summed E-state index contributed by atoms with van der Waals surface area (Å²) in [6.45, 7) is 0.375. The van der Waals surface area contributed by atoms with Gasteiger partial charge in [0.1, 0.15) is 11.6 Å². The Morgan fingerprint density at radius 3 is 2.59 bits per heavy atom. The molecule has 0 spiro atoms. The lowest BCUT2D eigenvalue weighted by atomic mass is 9.94. The van der Waals surface area contributed by atoms with E-state index in [4.69, 9.17) is 10.5 Å². The quantitative estimate of drug-likeness (QED) is 0.728. The highest BCUT2D eigenvalue weighted by molar-refractivity contribution is 6.06. The third-order valence-corrected chi connectivity index (χ3v) is 6.58. The number of rotatable bonds is 5. The second-order valence-corrected chi connectivity index (χ2v) is 8.73. The van der Waals surface area contributed by atoms with Crippen molar-refractivity contribution in [3.63, 3.8) is 0 Å². The second-order valence-electron chi connectivity index (χ2n) is 8.73. The minimum absolute atomic E-state index is 0.0668. The van der Waals surface area contributed by atoms with Gasteiger partial charge in [-0.1, -0.05) is 37.1 Å². The first kappa shape index (κ1) is 20.4. The molecule has 32 heavy (non-hydrogen) atoms. The van der Waals surface area contributed by atoms with Crippen LogP contribution in [0, 0.1) is 17.7 Å². The number of cyclic esters (lactones) is 1. The molecule has 1 unspecified atom stereocenters. The van der Waals surface area contributed by atoms with Crippen molar-refractivity contribution in [1.82, 2.24) is 4.90 Å². The van der Waals surface area contributed by atoms with Crippen molar-refractivity contribution in [2.45, 2.75) is 31.7 Å². The van der Waals surface area contributed by atoms with E-state index in [0.717, 1.165) is 19.3 Å². The highest BCUT2D eigenvalue weighted by atomic mass is 19.1. The Morgan fingerprint density at radius 2 is 1.88 bits per heavy atom. The summed E-state index contributed by atoms with van der Waals surface area (Å²) < 4.78 is 20.1. The van der Waals surface area contributed by atoms with E-state index in [9.17, 15) is 18.8 Å². The fraction of sp³-hybridized carbons (Fsp3) is 0.320. The van der Waals surface area contributed by atoms with Gasteiger partial charge in [-0.05, 0) is 48.6 Å². The third-order valence-electron chi connectivity index (χ3n) is 6.58. The second kappa shape index (κ2) is 7.89. The van der Waals surface area contributed by atoms with Crippen LogP contribution in [0.15, 0.2) is 42.5 Å². The van der Waals surface area contributed by atoms with Gasteiger partial charge in [-0.3, -0.25) is 9.59 Å². The van der Waals surface area contributed by atoms with Crippen LogP contribution in [-0.4, -0.2) is 35.3 Å². The number of likely N-dealkylation sites (tertiary alicyclic amines) is 1. The minimum Gasteiger partial charge on any atom is -0.422 e. The average Bonchev–Trinajstić information content (AvgIpc) is 3.41. The Morgan fingerprint density at radius 1 is 1.12 bits per heavy atom. The molecule has 2 aromatic carbocycles. The zero-order valence-electron chi connectivity index (χ0n) is 17.4. The summed E-state index contributed by atoms with van der Waals surface area (Å²) in [5.41, 5.74) is 7.18. The van der Waals surface area contributed by atoms with Gasteiger partial charge in [-0.25, -0.2) is 9.18 Å². The lowest BCUT2D eigenvalue weighted by Crippen LogP contribution is -2.42. The first-order chi connectivity index (χ1) is 15.4. The first-order valence-corrected chi connectivity index (χ1v) is 10.9. The van der Waals surface area contributed by atoms with Crippen LogP contribution in [0.5, 0.6) is 0 Å². The molecule has 1 saturated heterocycles. The number of fused-ring (bicyclic) bond motifs is 1. The number of ether oxygens (including phenoxy) is 1. The average molecular weight is 434 g/mol. The SMILES string of the molecule is NC(=O)C1CCN(C(=O)c2cc(/C=C3\OC(=O)c4ccccc43)ccc2F)[C@@H]1CC1CC1. The first-order valence-electron chi connectivity index (χ1n) is 10.9. The lowest BCUT2D eigenvalue weighted by molar-refractivity contribution is -0.122. The number of amides is 2. The van der Waals surface area contributed by atoms with Gasteiger partial charge in [0, 0.05) is 18.2 Å². The highest BCUT2D eigenvalue weighted by Crippen LogP contribution is 2.40. The van der Waals surface area contributed by atoms with Crippen molar-refractivity contribution in [3.05, 3.63) is 70.5 Å². The number of hydrogen-bond donors (Lipinski definition) is 1. The van der Waals surface area contributed by atoms with Crippen molar-refractivity contribution in [1.29, 1.82) is 0 Å². The molecule has 0 aromatic heterocycles. The summed E-state index contributed by atoms with van der Waals surface area (Å²) in [5.74, 6) is -1.48. The molecule has 2 atom stereocenters. The Labute approximate surface area is 184 Å². The molecule has 7 heteroatoms. The molecule has 2 N–H and O–H groups in total. The van der Waals surface area contributed by atoms with Crippen LogP contribution >= 0.6 is 0 Å². The number of hydrogen-bond acceptors (Lipinski definition) is 4. The van der Waals surface area contributed by atoms with Gasteiger partial charge in [0.15, 0.2) is 0 Å². The molecule has 5 rings (SSSR count). The number of halogens is 1. The Hall–Kier alpha value is -3.48. The van der Waals surface area contributed by atoms with Crippen LogP contribution in [0.25, 0.3) is 11.8 Å². The predicted molar refractivity (Wildman–Crippen MR) is 116 cm³/mol. The fourth-order valence-corrected chi connectivity index (χ4v) is 4.72. The van der Waals surface area contributed by atoms with Gasteiger partial charge in [-0.15, -0.1) is 0 Å². The number of primary amides is 1. The van der Waals surface area contributed by atoms with Crippen molar-refractivity contribution in [2.24, 2.45) is 17.6 Å². The molecule has 1 aliphatic carbocycles. The largest absolute Gasteiger partial charge is 0.422 e. The van der Waals surface area contributed by atoms with E-state index < -0.39 is 29.5 Å². The number of nitrogens with two attached hydrogens (primary N) is 1. The monoisotopic (exact) mass is 434 g/mol. The highest BCUT2D eigenvalue weighted by Gasteiger charge is 2.43. The van der Waals surface area contributed by atoms with E-state index in [1.165, 1.54) is 18.2 Å². The van der Waals surface area contributed by atoms with Crippen LogP contribution in [0.1, 0.15) is 57.5 Å². The van der Waals surface area contributed by atoms with E-state index in [-0.39, 0.29) is 11.6 Å². The summed E-state index contributed by atoms with van der Waals surface area (Å²) in [5, 5.41) is 0. The molecule has 2 fully saturated rings. The van der Waals surface area contributed by atoms with E-state index in [1.54, 1.807) is 35.2 Å². The predicted octanol–water partition coefficient (Wildman–Crippen LogP) is 3.61. The van der Waals surface area contributed by atoms with Gasteiger partial charge in [-0.2, -0.15) is 0 Å². The minimum atomic E-state index is -0.631. The lowest BCUT2D eigenvalue weighted by Gasteiger charge is -2.27. The van der Waals surface area contributed by atoms with Gasteiger partial charge >= 0.3 is 5.97 Å². The van der Waals surface area contributed by atoms with E-state index >= 15 is 0 Å². The van der Waals surface area contributed by atoms with Gasteiger partial charge in [0.05, 0.1) is 17.0 Å². The normalized spacial score (nSPS) is 23.3. The zero-order valence-corrected chi connectivity index (χ0v) is 17.4. The van der Waals surface area contributed by atoms with Crippen molar-refractivity contribution < 1.29 is 23.5 Å². The summed E-state index contributed by atoms with van der Waals surface area (Å²) in [6, 6.07) is 11.0. The summed E-state index contributed by atoms with van der Waals surface area (Å²) in [6.07, 6.45) is 5.01. The van der Waals surface area contributed by atoms with Gasteiger partial charge in [0.25, 0.3) is 5.91 Å². The topological polar surface area (TPSA) is 89.7 Å². The fourth-order valence-electron chi connectivity index (χ4n) is 4.72. The molecule has 2 heterocycles. The standard InChI is InChI=1S/C25H23FN2O4/c26-20-8-7-15(13-22-16-3-1-2-4-17(16)25(31)32-22)11-19(20)24(30)28-10-9-18(23(27)29)21(28)12-14-5-6-14/h1-4,7-8,11,13-14,18,21H,5-6,9-10,12H2,(H2,27,29)/b22-13-/t18?,21-/m1/s1. The zero-order chi connectivity index (χ0) is 22.4. The molecule has 2 aliphatic heterocycles. The molecule has 0 bridgehead atoms. The molecule has 2 aromatic rings. The number of nitrogens with zero attached hydrogens (tertiary/aromatic N) is 1. The summed E-state index contributed by atoms with van der Waals surface area (Å²) >= 11 is 0. The van der Waals surface area contributed by atoms with E-state index in [1.807, 2.05) is 0 Å². The Bertz CT molecular complexity index is 1150. The Balaban J connectivity index is 1.45. The molecular formula is C25H23FN2O4. The maximum atomic E-state index is 14.7. The Kier molecular flexibility index (Phi) is 5.04. The maximum absolute atomic E-state index is 14.7. The summed E-state index contributed by atoms with van der Waals surface area (Å²) in [7, 11) is 0. The van der Waals surface area contributed by atoms with Crippen LogP contribution < -0.4 is 5.73 Å². The maximum Gasteiger partial charge on any atom is 0.344 e. The van der Waals surface area contributed by atoms with Crippen LogP contribution in [0.4, 0.5) is 4.39 Å². The van der Waals surface area contributed by atoms with Gasteiger partial charge in [0.2, 0.25) is 5.91 Å². The summed E-state index contributed by atoms with van der Waals surface area (Å²) in [4.78, 5) is 38.9. The number of esters is 1. The van der Waals surface area contributed by atoms with E-state index in [0.29, 0.717) is 41.3 Å². The molecular weight excluding hydrogens is 411 g/mol. The molecule has 6 nitrogen and oxygen atoms in total. The van der Waals surface area contributed by atoms with Crippen molar-refractivity contribution >= 4 is 29.6 Å². The van der Waals surface area contributed by atoms with Crippen LogP contribution in [-0.2, 0) is 9.53 Å². The van der Waals surface area contributed by atoms with Crippen molar-refractivity contribution in [2.75, 3.05) is 6.54 Å². The van der Waals surface area contributed by atoms with Gasteiger partial charge < -0.3 is 15.4 Å². The molecule has 2 amide bonds. The van der Waals surface area contributed by atoms with Crippen molar-refractivity contribution in [3.8, 4) is 0 Å². The third kappa shape index (κ3) is 3.68. The van der Waals surface area contributed by atoms with Crippen LogP contribution in [0.2, 0.25) is 0 Å². The number of benzene rings is 2. The molecule has 1 saturated carbocycles. The molecule has 0 radical (unpaired) electrons. The van der Waals surface area contributed by atoms with Crippen LogP contribution in [0.3, 0.4) is 0 Å². The molecule has 164 valence electrons. The number of carbonyl (C=O) groups excluding carboxylic acids is 3. The smallest absolute Gasteiger partial charge is 0.344 e. The number of carbonyl (C=O) groups is 3.